The van der Waals surface area contributed by atoms with Crippen LogP contribution in [0.15, 0.2) is 24.3 Å². The minimum Gasteiger partial charge on any atom is -0.497 e. The first-order valence-corrected chi connectivity index (χ1v) is 7.41. The zero-order chi connectivity index (χ0) is 16.0. The van der Waals surface area contributed by atoms with E-state index in [1.807, 2.05) is 32.9 Å². The number of carbonyl (C=O) groups is 1. The number of ether oxygens (including phenoxy) is 1. The Hall–Kier alpha value is -1.55. The topological polar surface area (TPSA) is 50.4 Å². The largest absolute Gasteiger partial charge is 0.497 e. The van der Waals surface area contributed by atoms with Crippen molar-refractivity contribution in [3.8, 4) is 5.75 Å². The lowest BCUT2D eigenvalue weighted by Gasteiger charge is -2.24. The van der Waals surface area contributed by atoms with Gasteiger partial charge in [0.05, 0.1) is 13.7 Å². The van der Waals surface area contributed by atoms with Gasteiger partial charge in [0.1, 0.15) is 5.75 Å². The molecule has 1 aromatic carbocycles. The second-order valence-electron chi connectivity index (χ2n) is 6.53. The van der Waals surface area contributed by atoms with Gasteiger partial charge in [-0.3, -0.25) is 4.79 Å². The van der Waals surface area contributed by atoms with Crippen LogP contribution in [-0.2, 0) is 4.79 Å². The molecule has 21 heavy (non-hydrogen) atoms. The van der Waals surface area contributed by atoms with Gasteiger partial charge >= 0.3 is 0 Å². The number of amides is 1. The molecule has 1 amide bonds. The lowest BCUT2D eigenvalue weighted by atomic mass is 9.94. The molecular weight excluding hydrogens is 264 g/mol. The van der Waals surface area contributed by atoms with Crippen molar-refractivity contribution in [3.05, 3.63) is 29.8 Å². The summed E-state index contributed by atoms with van der Waals surface area (Å²) in [5.74, 6) is 1.20. The number of rotatable bonds is 6. The van der Waals surface area contributed by atoms with Crippen molar-refractivity contribution in [1.29, 1.82) is 0 Å². The predicted octanol–water partition coefficient (Wildman–Crippen LogP) is 2.69. The van der Waals surface area contributed by atoms with Gasteiger partial charge in [-0.05, 0) is 51.3 Å². The molecule has 0 aliphatic rings. The Bertz CT molecular complexity index is 449. The molecule has 2 atom stereocenters. The maximum atomic E-state index is 11.8. The van der Waals surface area contributed by atoms with Crippen LogP contribution in [0.1, 0.15) is 46.1 Å². The molecule has 0 bridgehead atoms. The summed E-state index contributed by atoms with van der Waals surface area (Å²) in [6.07, 6.45) is 0. The molecule has 2 N–H and O–H groups in total. The number of benzene rings is 1. The van der Waals surface area contributed by atoms with Crippen molar-refractivity contribution in [1.82, 2.24) is 10.6 Å². The third-order valence-corrected chi connectivity index (χ3v) is 3.49. The predicted molar refractivity (Wildman–Crippen MR) is 86.8 cm³/mol. The molecule has 1 rings (SSSR count). The molecule has 0 radical (unpaired) electrons. The van der Waals surface area contributed by atoms with E-state index in [1.54, 1.807) is 7.11 Å². The van der Waals surface area contributed by atoms with Gasteiger partial charge in [0.25, 0.3) is 0 Å². The molecule has 0 heterocycles. The maximum absolute atomic E-state index is 11.8. The minimum atomic E-state index is -0.191. The van der Waals surface area contributed by atoms with Gasteiger partial charge in [-0.2, -0.15) is 0 Å². The van der Waals surface area contributed by atoms with Crippen molar-refractivity contribution in [2.24, 2.45) is 0 Å². The molecule has 0 aliphatic heterocycles. The van der Waals surface area contributed by atoms with Crippen LogP contribution in [-0.4, -0.2) is 31.1 Å². The summed E-state index contributed by atoms with van der Waals surface area (Å²) >= 11 is 0. The lowest BCUT2D eigenvalue weighted by molar-refractivity contribution is -0.121. The van der Waals surface area contributed by atoms with E-state index in [9.17, 15) is 4.79 Å². The van der Waals surface area contributed by atoms with E-state index in [2.05, 4.69) is 36.6 Å². The van der Waals surface area contributed by atoms with Crippen LogP contribution in [0, 0.1) is 0 Å². The molecule has 4 heteroatoms. The molecular formula is C17H28N2O2. The average molecular weight is 292 g/mol. The highest BCUT2D eigenvalue weighted by Crippen LogP contribution is 2.21. The smallest absolute Gasteiger partial charge is 0.234 e. The average Bonchev–Trinajstić information content (AvgIpc) is 2.42. The van der Waals surface area contributed by atoms with Crippen molar-refractivity contribution in [2.45, 2.75) is 52.1 Å². The number of hydrogen-bond donors (Lipinski definition) is 2. The molecule has 0 saturated carbocycles. The van der Waals surface area contributed by atoms with Crippen molar-refractivity contribution in [2.75, 3.05) is 13.7 Å². The van der Waals surface area contributed by atoms with E-state index >= 15 is 0 Å². The van der Waals surface area contributed by atoms with Gasteiger partial charge in [-0.25, -0.2) is 0 Å². The highest BCUT2D eigenvalue weighted by molar-refractivity contribution is 5.78. The quantitative estimate of drug-likeness (QED) is 0.847. The minimum absolute atomic E-state index is 0.0243. The number of hydrogen-bond acceptors (Lipinski definition) is 3. The Labute approximate surface area is 128 Å². The van der Waals surface area contributed by atoms with Crippen LogP contribution < -0.4 is 15.4 Å². The summed E-state index contributed by atoms with van der Waals surface area (Å²) in [4.78, 5) is 11.8. The van der Waals surface area contributed by atoms with Crippen molar-refractivity contribution in [3.63, 3.8) is 0 Å². The van der Waals surface area contributed by atoms with E-state index in [1.165, 1.54) is 5.56 Å². The molecule has 0 spiro atoms. The first-order chi connectivity index (χ1) is 9.73. The van der Waals surface area contributed by atoms with Gasteiger partial charge in [0.2, 0.25) is 5.91 Å². The fraction of sp³-hybridized carbons (Fsp3) is 0.588. The van der Waals surface area contributed by atoms with Gasteiger partial charge in [0.15, 0.2) is 0 Å². The molecule has 0 unspecified atom stereocenters. The van der Waals surface area contributed by atoms with Crippen LogP contribution in [0.5, 0.6) is 5.75 Å². The van der Waals surface area contributed by atoms with Crippen LogP contribution in [0.2, 0.25) is 0 Å². The van der Waals surface area contributed by atoms with Gasteiger partial charge in [-0.1, -0.05) is 19.1 Å². The summed E-state index contributed by atoms with van der Waals surface area (Å²) in [6.45, 7) is 10.5. The number of nitrogens with one attached hydrogen (secondary N) is 2. The fourth-order valence-electron chi connectivity index (χ4n) is 2.09. The number of carbonyl (C=O) groups excluding carboxylic acids is 1. The molecule has 0 aliphatic carbocycles. The summed E-state index contributed by atoms with van der Waals surface area (Å²) in [7, 11) is 1.66. The Morgan fingerprint density at radius 3 is 2.24 bits per heavy atom. The van der Waals surface area contributed by atoms with E-state index in [-0.39, 0.29) is 17.5 Å². The molecule has 0 aromatic heterocycles. The van der Waals surface area contributed by atoms with Crippen LogP contribution in [0.3, 0.4) is 0 Å². The third-order valence-electron chi connectivity index (χ3n) is 3.49. The lowest BCUT2D eigenvalue weighted by Crippen LogP contribution is -2.46. The number of methoxy groups -OCH3 is 1. The van der Waals surface area contributed by atoms with Crippen LogP contribution in [0.4, 0.5) is 0 Å². The summed E-state index contributed by atoms with van der Waals surface area (Å²) in [5.41, 5.74) is 1.04. The first kappa shape index (κ1) is 17.5. The Kier molecular flexibility index (Phi) is 6.21. The summed E-state index contributed by atoms with van der Waals surface area (Å²) in [6, 6.07) is 8.27. The third kappa shape index (κ3) is 6.17. The fourth-order valence-corrected chi connectivity index (χ4v) is 2.09. The van der Waals surface area contributed by atoms with Crippen molar-refractivity contribution >= 4 is 5.91 Å². The Morgan fingerprint density at radius 1 is 1.19 bits per heavy atom. The summed E-state index contributed by atoms with van der Waals surface area (Å²) < 4.78 is 5.17. The van der Waals surface area contributed by atoms with Crippen molar-refractivity contribution < 1.29 is 9.53 Å². The zero-order valence-electron chi connectivity index (χ0n) is 14.0. The zero-order valence-corrected chi connectivity index (χ0v) is 14.0. The van der Waals surface area contributed by atoms with E-state index in [0.717, 1.165) is 5.75 Å². The molecule has 0 fully saturated rings. The molecule has 0 saturated heterocycles. The standard InChI is InChI=1S/C17H28N2O2/c1-12(14-7-9-15(21-6)10-8-14)13(2)18-11-16(20)19-17(3,4)5/h7-10,12-13,18H,11H2,1-6H3,(H,19,20)/t12-,13-/m1/s1. The van der Waals surface area contributed by atoms with Gasteiger partial charge < -0.3 is 15.4 Å². The summed E-state index contributed by atoms with van der Waals surface area (Å²) in [5, 5.41) is 6.24. The van der Waals surface area contributed by atoms with Gasteiger partial charge in [-0.15, -0.1) is 0 Å². The Balaban J connectivity index is 2.50. The van der Waals surface area contributed by atoms with E-state index in [0.29, 0.717) is 12.5 Å². The molecule has 118 valence electrons. The SMILES string of the molecule is COc1ccc([C@H](C)[C@@H](C)NCC(=O)NC(C)(C)C)cc1. The monoisotopic (exact) mass is 292 g/mol. The Morgan fingerprint density at radius 2 is 1.76 bits per heavy atom. The maximum Gasteiger partial charge on any atom is 0.234 e. The molecule has 4 nitrogen and oxygen atoms in total. The normalized spacial score (nSPS) is 14.4. The van der Waals surface area contributed by atoms with Crippen LogP contribution in [0.25, 0.3) is 0 Å². The second kappa shape index (κ2) is 7.46. The van der Waals surface area contributed by atoms with Crippen LogP contribution >= 0.6 is 0 Å². The molecule has 1 aromatic rings. The highest BCUT2D eigenvalue weighted by Gasteiger charge is 2.17. The second-order valence-corrected chi connectivity index (χ2v) is 6.53. The first-order valence-electron chi connectivity index (χ1n) is 7.41. The van der Waals surface area contributed by atoms with E-state index in [4.69, 9.17) is 4.74 Å². The van der Waals surface area contributed by atoms with Gasteiger partial charge in [0, 0.05) is 11.6 Å². The highest BCUT2D eigenvalue weighted by atomic mass is 16.5. The van der Waals surface area contributed by atoms with E-state index < -0.39 is 0 Å².